The Hall–Kier alpha value is -2.55. The summed E-state index contributed by atoms with van der Waals surface area (Å²) in [5, 5.41) is 2.81. The van der Waals surface area contributed by atoms with Gasteiger partial charge >= 0.3 is 0 Å². The molecule has 0 spiro atoms. The van der Waals surface area contributed by atoms with Crippen molar-refractivity contribution >= 4 is 45.0 Å². The first-order valence-corrected chi connectivity index (χ1v) is 13.2. The minimum absolute atomic E-state index is 0.0826. The van der Waals surface area contributed by atoms with E-state index in [1.807, 2.05) is 18.2 Å². The number of hydrogen-bond donors (Lipinski definition) is 1. The van der Waals surface area contributed by atoms with Gasteiger partial charge in [-0.15, -0.1) is 0 Å². The molecule has 7 nitrogen and oxygen atoms in total. The van der Waals surface area contributed by atoms with Gasteiger partial charge in [-0.05, 0) is 48.9 Å². The van der Waals surface area contributed by atoms with E-state index in [1.54, 1.807) is 4.90 Å². The molecule has 2 aliphatic rings. The van der Waals surface area contributed by atoms with Gasteiger partial charge < -0.3 is 10.2 Å². The molecule has 2 aromatic rings. The average molecular weight is 522 g/mol. The van der Waals surface area contributed by atoms with Crippen LogP contribution in [0, 0.1) is 5.92 Å². The summed E-state index contributed by atoms with van der Waals surface area (Å²) in [5.74, 6) is -0.319. The normalized spacial score (nSPS) is 19.2. The first kappa shape index (κ1) is 24.6. The highest BCUT2D eigenvalue weighted by molar-refractivity contribution is 7.89. The van der Waals surface area contributed by atoms with Crippen molar-refractivity contribution in [2.75, 3.05) is 13.1 Å². The van der Waals surface area contributed by atoms with Crippen LogP contribution in [0.2, 0.25) is 10.0 Å². The van der Waals surface area contributed by atoms with Gasteiger partial charge in [0.1, 0.15) is 6.04 Å². The Bertz CT molecular complexity index is 1200. The molecule has 1 N–H and O–H groups in total. The summed E-state index contributed by atoms with van der Waals surface area (Å²) in [4.78, 5) is 27.2. The van der Waals surface area contributed by atoms with Crippen LogP contribution in [-0.2, 0) is 26.0 Å². The summed E-state index contributed by atoms with van der Waals surface area (Å²) in [5.41, 5.74) is 1.28. The van der Waals surface area contributed by atoms with E-state index in [4.69, 9.17) is 23.2 Å². The Balaban J connectivity index is 1.43. The molecule has 10 heteroatoms. The van der Waals surface area contributed by atoms with E-state index in [1.165, 1.54) is 36.2 Å². The lowest BCUT2D eigenvalue weighted by Crippen LogP contribution is -2.52. The molecular formula is C24H25Cl2N3O4S. The number of amides is 2. The Kier molecular flexibility index (Phi) is 7.50. The zero-order chi connectivity index (χ0) is 24.3. The zero-order valence-corrected chi connectivity index (χ0v) is 20.7. The van der Waals surface area contributed by atoms with Crippen LogP contribution in [0.3, 0.4) is 0 Å². The number of halogens is 2. The highest BCUT2D eigenvalue weighted by Crippen LogP contribution is 2.29. The van der Waals surface area contributed by atoms with Gasteiger partial charge in [-0.3, -0.25) is 13.9 Å². The van der Waals surface area contributed by atoms with Gasteiger partial charge in [-0.1, -0.05) is 53.5 Å². The molecule has 0 radical (unpaired) electrons. The molecule has 2 aliphatic heterocycles. The van der Waals surface area contributed by atoms with Crippen molar-refractivity contribution < 1.29 is 18.0 Å². The molecule has 0 bridgehead atoms. The molecule has 1 atom stereocenters. The number of likely N-dealkylation sites (tertiary alicyclic amines) is 1. The molecule has 2 heterocycles. The number of nitrogens with one attached hydrogen (secondary N) is 1. The number of hydrogen-bond acceptors (Lipinski definition) is 4. The molecule has 180 valence electrons. The molecule has 2 aromatic carbocycles. The van der Waals surface area contributed by atoms with Crippen LogP contribution in [0.5, 0.6) is 0 Å². The summed E-state index contributed by atoms with van der Waals surface area (Å²) in [6.07, 6.45) is 4.94. The van der Waals surface area contributed by atoms with Gasteiger partial charge in [-0.25, -0.2) is 8.42 Å². The van der Waals surface area contributed by atoms with E-state index in [2.05, 4.69) is 17.4 Å². The standard InChI is InChI=1S/C24H25Cl2N3O4S/c25-20-7-6-19(15-21(20)26)34(32,33)29-13-10-27-24(31)22(29)16-23(30)28-11-8-18(9-12-28)14-17-4-2-1-3-5-17/h1-7,10,13,15,18,22H,8-9,11-12,14,16H2,(H,27,31)/t22-/m1/s1. The number of carbonyl (C=O) groups is 2. The van der Waals surface area contributed by atoms with Crippen molar-refractivity contribution in [1.82, 2.24) is 14.5 Å². The second-order valence-corrected chi connectivity index (χ2v) is 11.1. The number of nitrogens with zero attached hydrogens (tertiary/aromatic N) is 2. The van der Waals surface area contributed by atoms with Crippen molar-refractivity contribution in [2.24, 2.45) is 5.92 Å². The number of rotatable bonds is 6. The van der Waals surface area contributed by atoms with E-state index in [9.17, 15) is 18.0 Å². The van der Waals surface area contributed by atoms with Gasteiger partial charge in [0.05, 0.1) is 21.4 Å². The Morgan fingerprint density at radius 3 is 2.41 bits per heavy atom. The van der Waals surface area contributed by atoms with Crippen LogP contribution in [0.4, 0.5) is 0 Å². The third kappa shape index (κ3) is 5.40. The summed E-state index contributed by atoms with van der Waals surface area (Å²) < 4.78 is 27.4. The van der Waals surface area contributed by atoms with Gasteiger partial charge in [0.2, 0.25) is 11.8 Å². The third-order valence-corrected chi connectivity index (χ3v) is 8.75. The molecule has 1 saturated heterocycles. The number of sulfonamides is 1. The van der Waals surface area contributed by atoms with E-state index in [-0.39, 0.29) is 27.3 Å². The van der Waals surface area contributed by atoms with E-state index < -0.39 is 22.0 Å². The highest BCUT2D eigenvalue weighted by atomic mass is 35.5. The van der Waals surface area contributed by atoms with Gasteiger partial charge in [0.15, 0.2) is 0 Å². The molecule has 2 amide bonds. The van der Waals surface area contributed by atoms with Crippen LogP contribution in [-0.4, -0.2) is 48.6 Å². The Morgan fingerprint density at radius 1 is 1.03 bits per heavy atom. The molecule has 0 unspecified atom stereocenters. The fourth-order valence-electron chi connectivity index (χ4n) is 4.33. The molecule has 1 fully saturated rings. The summed E-state index contributed by atoms with van der Waals surface area (Å²) >= 11 is 11.9. The lowest BCUT2D eigenvalue weighted by atomic mass is 9.90. The largest absolute Gasteiger partial charge is 0.343 e. The quantitative estimate of drug-likeness (QED) is 0.625. The molecule has 34 heavy (non-hydrogen) atoms. The van der Waals surface area contributed by atoms with E-state index in [0.29, 0.717) is 19.0 Å². The summed E-state index contributed by atoms with van der Waals surface area (Å²) in [6, 6.07) is 13.0. The second kappa shape index (κ2) is 10.4. The van der Waals surface area contributed by atoms with Crippen molar-refractivity contribution in [3.63, 3.8) is 0 Å². The van der Waals surface area contributed by atoms with Crippen LogP contribution >= 0.6 is 23.2 Å². The summed E-state index contributed by atoms with van der Waals surface area (Å²) in [7, 11) is -4.13. The van der Waals surface area contributed by atoms with Crippen molar-refractivity contribution in [3.05, 3.63) is 76.5 Å². The maximum Gasteiger partial charge on any atom is 0.264 e. The van der Waals surface area contributed by atoms with Gasteiger partial charge in [0.25, 0.3) is 10.0 Å². The maximum atomic E-state index is 13.2. The molecular weight excluding hydrogens is 497 g/mol. The van der Waals surface area contributed by atoms with E-state index in [0.717, 1.165) is 23.6 Å². The van der Waals surface area contributed by atoms with Crippen molar-refractivity contribution in [3.8, 4) is 0 Å². The minimum atomic E-state index is -4.13. The lowest BCUT2D eigenvalue weighted by molar-refractivity contribution is -0.136. The molecule has 0 aliphatic carbocycles. The lowest BCUT2D eigenvalue weighted by Gasteiger charge is -2.35. The van der Waals surface area contributed by atoms with E-state index >= 15 is 0 Å². The van der Waals surface area contributed by atoms with Crippen LogP contribution in [0.25, 0.3) is 0 Å². The van der Waals surface area contributed by atoms with Crippen molar-refractivity contribution in [2.45, 2.75) is 36.6 Å². The smallest absolute Gasteiger partial charge is 0.264 e. The molecule has 4 rings (SSSR count). The molecule has 0 aromatic heterocycles. The monoisotopic (exact) mass is 521 g/mol. The summed E-state index contributed by atoms with van der Waals surface area (Å²) in [6.45, 7) is 1.17. The topological polar surface area (TPSA) is 86.8 Å². The number of carbonyl (C=O) groups excluding carboxylic acids is 2. The predicted molar refractivity (Wildman–Crippen MR) is 131 cm³/mol. The van der Waals surface area contributed by atoms with Gasteiger partial charge in [-0.2, -0.15) is 0 Å². The first-order chi connectivity index (χ1) is 16.3. The third-order valence-electron chi connectivity index (χ3n) is 6.23. The van der Waals surface area contributed by atoms with Crippen LogP contribution in [0.1, 0.15) is 24.8 Å². The minimum Gasteiger partial charge on any atom is -0.343 e. The van der Waals surface area contributed by atoms with Crippen molar-refractivity contribution in [1.29, 1.82) is 0 Å². The van der Waals surface area contributed by atoms with Crippen LogP contribution in [0.15, 0.2) is 65.8 Å². The van der Waals surface area contributed by atoms with Crippen LogP contribution < -0.4 is 5.32 Å². The maximum absolute atomic E-state index is 13.2. The number of benzene rings is 2. The average Bonchev–Trinajstić information content (AvgIpc) is 2.83. The highest BCUT2D eigenvalue weighted by Gasteiger charge is 2.38. The fourth-order valence-corrected chi connectivity index (χ4v) is 6.17. The molecule has 0 saturated carbocycles. The van der Waals surface area contributed by atoms with Gasteiger partial charge in [0, 0.05) is 25.5 Å². The number of piperidine rings is 1. The Morgan fingerprint density at radius 2 is 1.74 bits per heavy atom. The second-order valence-electron chi connectivity index (χ2n) is 8.47. The zero-order valence-electron chi connectivity index (χ0n) is 18.4. The first-order valence-electron chi connectivity index (χ1n) is 11.0. The fraction of sp³-hybridized carbons (Fsp3) is 0.333. The SMILES string of the molecule is O=C1NC=CN(S(=O)(=O)c2ccc(Cl)c(Cl)c2)[C@@H]1CC(=O)N1CCC(Cc2ccccc2)CC1. The Labute approximate surface area is 209 Å². The predicted octanol–water partition coefficient (Wildman–Crippen LogP) is 3.83.